The van der Waals surface area contributed by atoms with Gasteiger partial charge in [0.05, 0.1) is 6.61 Å². The van der Waals surface area contributed by atoms with Gasteiger partial charge in [-0.25, -0.2) is 0 Å². The third kappa shape index (κ3) is 6.21. The second-order valence-corrected chi connectivity index (χ2v) is 10.2. The van der Waals surface area contributed by atoms with Crippen molar-refractivity contribution in [3.05, 3.63) is 179 Å². The monoisotopic (exact) mass is 548 g/mol. The second kappa shape index (κ2) is 12.7. The zero-order chi connectivity index (χ0) is 29.3. The van der Waals surface area contributed by atoms with E-state index in [-0.39, 0.29) is 6.61 Å². The molecule has 5 rings (SSSR count). The Morgan fingerprint density at radius 1 is 0.500 bits per heavy atom. The molecule has 2 atom stereocenters. The van der Waals surface area contributed by atoms with Gasteiger partial charge >= 0.3 is 0 Å². The van der Waals surface area contributed by atoms with Gasteiger partial charge in [0.1, 0.15) is 5.60 Å². The van der Waals surface area contributed by atoms with E-state index in [0.717, 1.165) is 16.7 Å². The first-order valence-corrected chi connectivity index (χ1v) is 13.8. The highest BCUT2D eigenvalue weighted by molar-refractivity contribution is 5.48. The van der Waals surface area contributed by atoms with Gasteiger partial charge in [-0.05, 0) is 47.9 Å². The fraction of sp³-hybridized carbons (Fsp3) is 0.128. The average molecular weight is 549 g/mol. The summed E-state index contributed by atoms with van der Waals surface area (Å²) in [4.78, 5) is 0. The van der Waals surface area contributed by atoms with Crippen molar-refractivity contribution in [2.45, 2.75) is 23.7 Å². The molecular formula is C39H32O3. The van der Waals surface area contributed by atoms with Crippen LogP contribution in [0.25, 0.3) is 0 Å². The van der Waals surface area contributed by atoms with E-state index in [9.17, 15) is 10.2 Å². The van der Waals surface area contributed by atoms with Crippen LogP contribution in [0.3, 0.4) is 0 Å². The average Bonchev–Trinajstić information content (AvgIpc) is 3.05. The van der Waals surface area contributed by atoms with E-state index in [4.69, 9.17) is 4.74 Å². The molecule has 2 N–H and O–H groups in total. The molecule has 0 unspecified atom stereocenters. The zero-order valence-electron chi connectivity index (χ0n) is 23.4. The molecule has 3 heteroatoms. The number of ether oxygens (including phenoxy) is 1. The van der Waals surface area contributed by atoms with Gasteiger partial charge in [0, 0.05) is 11.1 Å². The first-order chi connectivity index (χ1) is 20.4. The van der Waals surface area contributed by atoms with Crippen LogP contribution in [-0.2, 0) is 10.3 Å². The lowest BCUT2D eigenvalue weighted by Crippen LogP contribution is -2.55. The molecule has 0 aromatic heterocycles. The standard InChI is InChI=1S/C39H32O3/c1-37(40,29-27-32-17-7-2-8-18-32)38(41,30-28-33-19-9-3-10-20-33)31-42-39(34-21-11-4-12-22-34,35-23-13-5-14-24-35)36-25-15-6-16-26-36/h2-26,40-41H,31H2,1H3/t37-,38-/m1/s1. The van der Waals surface area contributed by atoms with Crippen LogP contribution in [0.4, 0.5) is 0 Å². The highest BCUT2D eigenvalue weighted by Gasteiger charge is 2.48. The topological polar surface area (TPSA) is 49.7 Å². The Hall–Kier alpha value is -4.90. The van der Waals surface area contributed by atoms with Crippen molar-refractivity contribution < 1.29 is 14.9 Å². The molecule has 5 aromatic carbocycles. The lowest BCUT2D eigenvalue weighted by atomic mass is 9.79. The molecule has 5 aromatic rings. The summed E-state index contributed by atoms with van der Waals surface area (Å²) in [6.07, 6.45) is 0. The molecule has 0 saturated heterocycles. The maximum atomic E-state index is 12.2. The fourth-order valence-corrected chi connectivity index (χ4v) is 4.80. The minimum Gasteiger partial charge on any atom is -0.374 e. The summed E-state index contributed by atoms with van der Waals surface area (Å²) in [5.74, 6) is 11.9. The van der Waals surface area contributed by atoms with Crippen molar-refractivity contribution in [3.63, 3.8) is 0 Å². The Kier molecular flexibility index (Phi) is 8.68. The summed E-state index contributed by atoms with van der Waals surface area (Å²) in [5, 5.41) is 24.0. The first-order valence-electron chi connectivity index (χ1n) is 13.8. The first kappa shape index (κ1) is 28.6. The molecule has 0 spiro atoms. The lowest BCUT2D eigenvalue weighted by molar-refractivity contribution is -0.134. The summed E-state index contributed by atoms with van der Waals surface area (Å²) in [7, 11) is 0. The molecule has 0 amide bonds. The van der Waals surface area contributed by atoms with Crippen molar-refractivity contribution in [2.24, 2.45) is 0 Å². The van der Waals surface area contributed by atoms with Gasteiger partial charge in [-0.2, -0.15) is 0 Å². The van der Waals surface area contributed by atoms with Crippen LogP contribution < -0.4 is 0 Å². The van der Waals surface area contributed by atoms with Gasteiger partial charge in [0.2, 0.25) is 0 Å². The van der Waals surface area contributed by atoms with E-state index in [1.165, 1.54) is 6.92 Å². The van der Waals surface area contributed by atoms with Gasteiger partial charge in [0.15, 0.2) is 11.2 Å². The van der Waals surface area contributed by atoms with Crippen LogP contribution in [0.2, 0.25) is 0 Å². The van der Waals surface area contributed by atoms with E-state index in [2.05, 4.69) is 23.7 Å². The summed E-state index contributed by atoms with van der Waals surface area (Å²) in [6.45, 7) is 1.13. The minimum atomic E-state index is -2.08. The molecule has 206 valence electrons. The second-order valence-electron chi connectivity index (χ2n) is 10.2. The molecule has 0 heterocycles. The molecule has 0 radical (unpaired) electrons. The van der Waals surface area contributed by atoms with E-state index in [1.54, 1.807) is 0 Å². The third-order valence-corrected chi connectivity index (χ3v) is 7.26. The quantitative estimate of drug-likeness (QED) is 0.178. The van der Waals surface area contributed by atoms with Crippen molar-refractivity contribution in [2.75, 3.05) is 6.61 Å². The lowest BCUT2D eigenvalue weighted by Gasteiger charge is -2.40. The number of benzene rings is 5. The molecule has 0 aliphatic heterocycles. The zero-order valence-corrected chi connectivity index (χ0v) is 23.4. The predicted octanol–water partition coefficient (Wildman–Crippen LogP) is 6.58. The Balaban J connectivity index is 1.65. The van der Waals surface area contributed by atoms with Crippen molar-refractivity contribution in [3.8, 4) is 23.7 Å². The molecule has 3 nitrogen and oxygen atoms in total. The van der Waals surface area contributed by atoms with Gasteiger partial charge in [-0.1, -0.05) is 151 Å². The molecule has 0 aliphatic carbocycles. The molecule has 42 heavy (non-hydrogen) atoms. The van der Waals surface area contributed by atoms with E-state index in [0.29, 0.717) is 11.1 Å². The molecule has 0 fully saturated rings. The largest absolute Gasteiger partial charge is 0.374 e. The Bertz CT molecular complexity index is 1600. The summed E-state index contributed by atoms with van der Waals surface area (Å²) in [6, 6.07) is 48.3. The Labute approximate surface area is 248 Å². The van der Waals surface area contributed by atoms with Crippen LogP contribution in [-0.4, -0.2) is 28.0 Å². The molecular weight excluding hydrogens is 516 g/mol. The van der Waals surface area contributed by atoms with Gasteiger partial charge < -0.3 is 14.9 Å². The van der Waals surface area contributed by atoms with Crippen molar-refractivity contribution in [1.82, 2.24) is 0 Å². The third-order valence-electron chi connectivity index (χ3n) is 7.26. The number of hydrogen-bond acceptors (Lipinski definition) is 3. The summed E-state index contributed by atoms with van der Waals surface area (Å²) < 4.78 is 6.90. The highest BCUT2D eigenvalue weighted by Crippen LogP contribution is 2.41. The van der Waals surface area contributed by atoms with E-state index < -0.39 is 16.8 Å². The Morgan fingerprint density at radius 2 is 0.833 bits per heavy atom. The Morgan fingerprint density at radius 3 is 1.21 bits per heavy atom. The maximum Gasteiger partial charge on any atom is 0.189 e. The van der Waals surface area contributed by atoms with Crippen LogP contribution >= 0.6 is 0 Å². The number of aliphatic hydroxyl groups is 2. The number of hydrogen-bond donors (Lipinski definition) is 2. The van der Waals surface area contributed by atoms with Crippen molar-refractivity contribution in [1.29, 1.82) is 0 Å². The van der Waals surface area contributed by atoms with Gasteiger partial charge in [0.25, 0.3) is 0 Å². The van der Waals surface area contributed by atoms with E-state index in [1.807, 2.05) is 152 Å². The van der Waals surface area contributed by atoms with Crippen LogP contribution in [0.15, 0.2) is 152 Å². The molecule has 0 bridgehead atoms. The van der Waals surface area contributed by atoms with Crippen LogP contribution in [0.1, 0.15) is 34.7 Å². The smallest absolute Gasteiger partial charge is 0.189 e. The van der Waals surface area contributed by atoms with E-state index >= 15 is 0 Å². The van der Waals surface area contributed by atoms with Crippen molar-refractivity contribution >= 4 is 0 Å². The fourth-order valence-electron chi connectivity index (χ4n) is 4.80. The predicted molar refractivity (Wildman–Crippen MR) is 167 cm³/mol. The highest BCUT2D eigenvalue weighted by atomic mass is 16.5. The van der Waals surface area contributed by atoms with Gasteiger partial charge in [-0.3, -0.25) is 0 Å². The summed E-state index contributed by atoms with van der Waals surface area (Å²) >= 11 is 0. The van der Waals surface area contributed by atoms with Crippen LogP contribution in [0.5, 0.6) is 0 Å². The normalized spacial score (nSPS) is 13.8. The van der Waals surface area contributed by atoms with Crippen LogP contribution in [0, 0.1) is 23.7 Å². The minimum absolute atomic E-state index is 0.345. The van der Waals surface area contributed by atoms with Gasteiger partial charge in [-0.15, -0.1) is 0 Å². The maximum absolute atomic E-state index is 12.2. The SMILES string of the molecule is C[C@@](O)(C#Cc1ccccc1)[C@@](O)(C#Cc1ccccc1)COC(c1ccccc1)(c1ccccc1)c1ccccc1. The molecule has 0 aliphatic rings. The molecule has 0 saturated carbocycles. The number of rotatable bonds is 7. The summed E-state index contributed by atoms with van der Waals surface area (Å²) in [5.41, 5.74) is -1.13.